The smallest absolute Gasteiger partial charge is 0.138 e. The van der Waals surface area contributed by atoms with Gasteiger partial charge in [0.25, 0.3) is 0 Å². The van der Waals surface area contributed by atoms with Gasteiger partial charge in [0.15, 0.2) is 0 Å². The lowest BCUT2D eigenvalue weighted by atomic mass is 9.94. The summed E-state index contributed by atoms with van der Waals surface area (Å²) in [5.41, 5.74) is 0. The molecule has 2 rings (SSSR count). The second kappa shape index (κ2) is 7.25. The highest BCUT2D eigenvalue weighted by atomic mass is 35.5. The van der Waals surface area contributed by atoms with Crippen molar-refractivity contribution in [2.45, 2.75) is 25.8 Å². The zero-order chi connectivity index (χ0) is 14.5. The number of piperidine rings is 1. The van der Waals surface area contributed by atoms with E-state index in [1.165, 1.54) is 12.1 Å². The molecule has 1 N–H and O–H groups in total. The van der Waals surface area contributed by atoms with E-state index in [-0.39, 0.29) is 12.4 Å². The van der Waals surface area contributed by atoms with E-state index >= 15 is 0 Å². The third-order valence-corrected chi connectivity index (χ3v) is 4.19. The number of rotatable bonds is 5. The zero-order valence-electron chi connectivity index (χ0n) is 11.7. The highest BCUT2D eigenvalue weighted by Crippen LogP contribution is 2.25. The van der Waals surface area contributed by atoms with Crippen LogP contribution in [0.1, 0.15) is 19.8 Å². The zero-order valence-corrected chi connectivity index (χ0v) is 12.4. The molecule has 2 unspecified atom stereocenters. The lowest BCUT2D eigenvalue weighted by Gasteiger charge is -2.37. The van der Waals surface area contributed by atoms with E-state index in [4.69, 9.17) is 16.3 Å². The van der Waals surface area contributed by atoms with Gasteiger partial charge in [0.2, 0.25) is 0 Å². The van der Waals surface area contributed by atoms with Gasteiger partial charge in [-0.05, 0) is 43.9 Å². The molecule has 0 spiro atoms. The van der Waals surface area contributed by atoms with Crippen LogP contribution in [0.25, 0.3) is 0 Å². The summed E-state index contributed by atoms with van der Waals surface area (Å²) in [4.78, 5) is 2.32. The number of aliphatic hydroxyl groups excluding tert-OH is 1. The summed E-state index contributed by atoms with van der Waals surface area (Å²) >= 11 is 5.91. The van der Waals surface area contributed by atoms with Crippen LogP contribution in [0.5, 0.6) is 5.75 Å². The summed E-state index contributed by atoms with van der Waals surface area (Å²) in [5.74, 6) is 0.509. The van der Waals surface area contributed by atoms with Crippen LogP contribution in [0.2, 0.25) is 5.02 Å². The summed E-state index contributed by atoms with van der Waals surface area (Å²) in [6, 6.07) is 4.65. The van der Waals surface area contributed by atoms with Crippen molar-refractivity contribution in [3.8, 4) is 5.75 Å². The average molecular weight is 302 g/mol. The van der Waals surface area contributed by atoms with Crippen molar-refractivity contribution in [3.05, 3.63) is 29.0 Å². The number of hydrogen-bond donors (Lipinski definition) is 1. The third-order valence-electron chi connectivity index (χ3n) is 3.90. The first kappa shape index (κ1) is 15.5. The van der Waals surface area contributed by atoms with Crippen molar-refractivity contribution >= 4 is 11.6 Å². The number of benzene rings is 1. The number of aliphatic hydroxyl groups is 1. The van der Waals surface area contributed by atoms with E-state index in [9.17, 15) is 9.50 Å². The normalized spacial score (nSPS) is 23.8. The maximum atomic E-state index is 12.9. The van der Waals surface area contributed by atoms with Gasteiger partial charge in [0.1, 0.15) is 18.2 Å². The van der Waals surface area contributed by atoms with Gasteiger partial charge in [-0.1, -0.05) is 11.6 Å². The fraction of sp³-hybridized carbons (Fsp3) is 0.600. The molecule has 1 heterocycles. The maximum Gasteiger partial charge on any atom is 0.138 e. The van der Waals surface area contributed by atoms with Crippen LogP contribution < -0.4 is 4.74 Å². The van der Waals surface area contributed by atoms with E-state index in [1.54, 1.807) is 6.07 Å². The first-order valence-corrected chi connectivity index (χ1v) is 7.40. The van der Waals surface area contributed by atoms with Crippen LogP contribution in [0.4, 0.5) is 4.39 Å². The average Bonchev–Trinajstić information content (AvgIpc) is 2.43. The number of halogens is 2. The van der Waals surface area contributed by atoms with E-state index in [0.717, 1.165) is 25.9 Å². The predicted molar refractivity (Wildman–Crippen MR) is 77.7 cm³/mol. The Bertz CT molecular complexity index is 444. The van der Waals surface area contributed by atoms with E-state index in [0.29, 0.717) is 29.3 Å². The van der Waals surface area contributed by atoms with Crippen LogP contribution in [0.15, 0.2) is 18.2 Å². The van der Waals surface area contributed by atoms with Crippen LogP contribution >= 0.6 is 11.6 Å². The Labute approximate surface area is 124 Å². The number of hydrogen-bond acceptors (Lipinski definition) is 3. The van der Waals surface area contributed by atoms with Crippen molar-refractivity contribution < 1.29 is 14.2 Å². The van der Waals surface area contributed by atoms with Crippen molar-refractivity contribution in [1.82, 2.24) is 4.90 Å². The second-order valence-electron chi connectivity index (χ2n) is 5.39. The van der Waals surface area contributed by atoms with Gasteiger partial charge in [-0.3, -0.25) is 4.90 Å². The second-order valence-corrected chi connectivity index (χ2v) is 5.80. The van der Waals surface area contributed by atoms with Gasteiger partial charge in [-0.15, -0.1) is 0 Å². The Morgan fingerprint density at radius 2 is 2.25 bits per heavy atom. The molecule has 1 fully saturated rings. The maximum absolute atomic E-state index is 12.9. The van der Waals surface area contributed by atoms with Gasteiger partial charge in [0.05, 0.1) is 5.02 Å². The molecule has 1 saturated heterocycles. The van der Waals surface area contributed by atoms with Gasteiger partial charge < -0.3 is 9.84 Å². The number of nitrogens with zero attached hydrogens (tertiary/aromatic N) is 1. The van der Waals surface area contributed by atoms with E-state index in [2.05, 4.69) is 11.8 Å². The third kappa shape index (κ3) is 4.08. The number of likely N-dealkylation sites (tertiary alicyclic amines) is 1. The van der Waals surface area contributed by atoms with Crippen LogP contribution in [-0.4, -0.2) is 42.4 Å². The SMILES string of the molecule is CC1CCC(CO)CN1CCOc1ccc(F)cc1Cl. The summed E-state index contributed by atoms with van der Waals surface area (Å²) in [5, 5.41) is 9.55. The summed E-state index contributed by atoms with van der Waals surface area (Å²) in [7, 11) is 0. The number of ether oxygens (including phenoxy) is 1. The molecular formula is C15H21ClFNO2. The lowest BCUT2D eigenvalue weighted by Crippen LogP contribution is -2.44. The molecule has 0 amide bonds. The highest BCUT2D eigenvalue weighted by molar-refractivity contribution is 6.32. The van der Waals surface area contributed by atoms with Crippen molar-refractivity contribution in [1.29, 1.82) is 0 Å². The van der Waals surface area contributed by atoms with Crippen LogP contribution in [-0.2, 0) is 0 Å². The Morgan fingerprint density at radius 1 is 1.45 bits per heavy atom. The molecule has 1 aliphatic rings. The van der Waals surface area contributed by atoms with Gasteiger partial charge in [-0.2, -0.15) is 0 Å². The molecule has 0 aliphatic carbocycles. The van der Waals surface area contributed by atoms with Crippen molar-refractivity contribution in [2.24, 2.45) is 5.92 Å². The molecule has 1 aromatic rings. The largest absolute Gasteiger partial charge is 0.491 e. The van der Waals surface area contributed by atoms with Gasteiger partial charge in [-0.25, -0.2) is 4.39 Å². The van der Waals surface area contributed by atoms with E-state index < -0.39 is 0 Å². The minimum absolute atomic E-state index is 0.244. The van der Waals surface area contributed by atoms with Gasteiger partial charge in [0, 0.05) is 25.7 Å². The molecule has 5 heteroatoms. The van der Waals surface area contributed by atoms with Crippen molar-refractivity contribution in [3.63, 3.8) is 0 Å². The predicted octanol–water partition coefficient (Wildman–Crippen LogP) is 2.95. The summed E-state index contributed by atoms with van der Waals surface area (Å²) in [6.45, 7) is 4.63. The Kier molecular flexibility index (Phi) is 5.64. The fourth-order valence-electron chi connectivity index (χ4n) is 2.59. The molecule has 0 saturated carbocycles. The monoisotopic (exact) mass is 301 g/mol. The molecule has 3 nitrogen and oxygen atoms in total. The minimum atomic E-state index is -0.363. The molecule has 0 bridgehead atoms. The topological polar surface area (TPSA) is 32.7 Å². The molecular weight excluding hydrogens is 281 g/mol. The minimum Gasteiger partial charge on any atom is -0.491 e. The summed E-state index contributed by atoms with van der Waals surface area (Å²) < 4.78 is 18.5. The molecule has 1 aromatic carbocycles. The van der Waals surface area contributed by atoms with Crippen molar-refractivity contribution in [2.75, 3.05) is 26.3 Å². The Hall–Kier alpha value is -0.840. The molecule has 0 radical (unpaired) electrons. The standard InChI is InChI=1S/C15H21ClFNO2/c1-11-2-3-12(10-19)9-18(11)6-7-20-15-5-4-13(17)8-14(15)16/h4-5,8,11-12,19H,2-3,6-7,9-10H2,1H3. The molecule has 2 atom stereocenters. The van der Waals surface area contributed by atoms with Crippen LogP contribution in [0, 0.1) is 11.7 Å². The molecule has 1 aliphatic heterocycles. The first-order chi connectivity index (χ1) is 9.60. The molecule has 112 valence electrons. The lowest BCUT2D eigenvalue weighted by molar-refractivity contribution is 0.0713. The Balaban J connectivity index is 1.82. The molecule has 0 aromatic heterocycles. The fourth-order valence-corrected chi connectivity index (χ4v) is 2.81. The molecule has 20 heavy (non-hydrogen) atoms. The van der Waals surface area contributed by atoms with Crippen LogP contribution in [0.3, 0.4) is 0 Å². The van der Waals surface area contributed by atoms with Gasteiger partial charge >= 0.3 is 0 Å². The highest BCUT2D eigenvalue weighted by Gasteiger charge is 2.24. The summed E-state index contributed by atoms with van der Waals surface area (Å²) in [6.07, 6.45) is 2.18. The first-order valence-electron chi connectivity index (χ1n) is 7.03. The van der Waals surface area contributed by atoms with E-state index in [1.807, 2.05) is 0 Å². The quantitative estimate of drug-likeness (QED) is 0.907. The Morgan fingerprint density at radius 3 is 2.95 bits per heavy atom.